The van der Waals surface area contributed by atoms with Crippen molar-refractivity contribution in [3.63, 3.8) is 0 Å². The number of carboxylic acid groups (broad SMARTS) is 1. The molecule has 0 fully saturated rings. The van der Waals surface area contributed by atoms with Crippen LogP contribution in [0.4, 0.5) is 4.79 Å². The van der Waals surface area contributed by atoms with E-state index in [0.29, 0.717) is 43.4 Å². The smallest absolute Gasteiger partial charge is 0.404 e. The van der Waals surface area contributed by atoms with Gasteiger partial charge in [0.15, 0.2) is 0 Å². The number of amides is 1. The van der Waals surface area contributed by atoms with Crippen molar-refractivity contribution < 1.29 is 37.1 Å². The predicted molar refractivity (Wildman–Crippen MR) is 120 cm³/mol. The second kappa shape index (κ2) is 13.3. The number of benzene rings is 1. The summed E-state index contributed by atoms with van der Waals surface area (Å²) in [7, 11) is -3.72. The molecule has 0 radical (unpaired) electrons. The van der Waals surface area contributed by atoms with Gasteiger partial charge in [-0.05, 0) is 38.0 Å². The van der Waals surface area contributed by atoms with Gasteiger partial charge in [-0.2, -0.15) is 0 Å². The molecule has 0 atom stereocenters. The van der Waals surface area contributed by atoms with Gasteiger partial charge in [0.25, 0.3) is 0 Å². The molecular formula is C21H31N3O8S. The summed E-state index contributed by atoms with van der Waals surface area (Å²) < 4.78 is 49.2. The lowest BCUT2D eigenvalue weighted by atomic mass is 10.0. The molecule has 0 bridgehead atoms. The van der Waals surface area contributed by atoms with Crippen LogP contribution in [-0.4, -0.2) is 77.5 Å². The fourth-order valence-corrected chi connectivity index (χ4v) is 4.32. The van der Waals surface area contributed by atoms with E-state index in [1.165, 1.54) is 0 Å². The van der Waals surface area contributed by atoms with Crippen LogP contribution in [0.3, 0.4) is 0 Å². The zero-order valence-electron chi connectivity index (χ0n) is 19.0. The van der Waals surface area contributed by atoms with Crippen molar-refractivity contribution in [1.82, 2.24) is 15.2 Å². The Bertz CT molecular complexity index is 987. The van der Waals surface area contributed by atoms with Crippen LogP contribution in [0.25, 0.3) is 11.1 Å². The number of hydrogen-bond donors (Lipinski definition) is 3. The van der Waals surface area contributed by atoms with E-state index in [4.69, 9.17) is 23.8 Å². The normalized spacial score (nSPS) is 11.6. The first-order valence-corrected chi connectivity index (χ1v) is 11.9. The van der Waals surface area contributed by atoms with Crippen molar-refractivity contribution >= 4 is 16.1 Å². The third kappa shape index (κ3) is 8.74. The van der Waals surface area contributed by atoms with Crippen molar-refractivity contribution in [3.05, 3.63) is 35.2 Å². The summed E-state index contributed by atoms with van der Waals surface area (Å²) in [4.78, 5) is 10.5. The number of carbonyl (C=O) groups is 1. The highest BCUT2D eigenvalue weighted by Gasteiger charge is 2.19. The zero-order valence-corrected chi connectivity index (χ0v) is 19.9. The van der Waals surface area contributed by atoms with Gasteiger partial charge in [-0.25, -0.2) is 17.9 Å². The van der Waals surface area contributed by atoms with Crippen LogP contribution in [0.15, 0.2) is 27.6 Å². The monoisotopic (exact) mass is 485 g/mol. The summed E-state index contributed by atoms with van der Waals surface area (Å²) in [6.45, 7) is 7.49. The first kappa shape index (κ1) is 26.7. The first-order valence-electron chi connectivity index (χ1n) is 10.5. The number of aryl methyl sites for hydroxylation is 3. The van der Waals surface area contributed by atoms with Gasteiger partial charge >= 0.3 is 6.09 Å². The minimum Gasteiger partial charge on any atom is -0.465 e. The minimum atomic E-state index is -3.72. The summed E-state index contributed by atoms with van der Waals surface area (Å²) in [5.41, 5.74) is 2.85. The molecule has 33 heavy (non-hydrogen) atoms. The van der Waals surface area contributed by atoms with Crippen LogP contribution in [0.1, 0.15) is 17.0 Å². The van der Waals surface area contributed by atoms with E-state index >= 15 is 0 Å². The molecule has 0 aliphatic carbocycles. The Morgan fingerprint density at radius 2 is 1.61 bits per heavy atom. The molecule has 1 amide bonds. The van der Waals surface area contributed by atoms with Crippen LogP contribution >= 0.6 is 0 Å². The lowest BCUT2D eigenvalue weighted by Crippen LogP contribution is -2.28. The van der Waals surface area contributed by atoms with E-state index in [0.717, 1.165) is 11.1 Å². The molecule has 2 aromatic rings. The van der Waals surface area contributed by atoms with Gasteiger partial charge < -0.3 is 29.2 Å². The maximum atomic E-state index is 12.8. The van der Waals surface area contributed by atoms with Gasteiger partial charge in [0.05, 0.1) is 50.2 Å². The maximum absolute atomic E-state index is 12.8. The van der Waals surface area contributed by atoms with Crippen molar-refractivity contribution in [2.75, 3.05) is 52.7 Å². The molecule has 1 heterocycles. The highest BCUT2D eigenvalue weighted by Crippen LogP contribution is 2.29. The largest absolute Gasteiger partial charge is 0.465 e. The topological polar surface area (TPSA) is 149 Å². The van der Waals surface area contributed by atoms with Gasteiger partial charge in [-0.3, -0.25) is 0 Å². The zero-order chi connectivity index (χ0) is 24.3. The Kier molecular flexibility index (Phi) is 10.7. The van der Waals surface area contributed by atoms with Gasteiger partial charge in [-0.15, -0.1) is 0 Å². The van der Waals surface area contributed by atoms with E-state index in [2.05, 4.69) is 15.2 Å². The number of aromatic nitrogens is 1. The number of ether oxygens (including phenoxy) is 3. The second-order valence-electron chi connectivity index (χ2n) is 7.15. The van der Waals surface area contributed by atoms with E-state index in [1.54, 1.807) is 26.0 Å². The molecule has 0 saturated carbocycles. The Balaban J connectivity index is 1.68. The first-order chi connectivity index (χ1) is 15.7. The molecule has 3 N–H and O–H groups in total. The van der Waals surface area contributed by atoms with Gasteiger partial charge in [0.2, 0.25) is 10.0 Å². The third-order valence-electron chi connectivity index (χ3n) is 4.60. The van der Waals surface area contributed by atoms with Crippen LogP contribution in [0.5, 0.6) is 0 Å². The molecule has 184 valence electrons. The number of nitrogens with zero attached hydrogens (tertiary/aromatic N) is 1. The van der Waals surface area contributed by atoms with Crippen molar-refractivity contribution in [2.45, 2.75) is 25.7 Å². The third-order valence-corrected chi connectivity index (χ3v) is 6.21. The molecule has 0 spiro atoms. The Hall–Kier alpha value is -2.51. The summed E-state index contributed by atoms with van der Waals surface area (Å²) in [5.74, 6) is 0.630. The lowest BCUT2D eigenvalue weighted by molar-refractivity contribution is 0.0163. The van der Waals surface area contributed by atoms with E-state index in [-0.39, 0.29) is 31.2 Å². The van der Waals surface area contributed by atoms with Gasteiger partial charge in [-0.1, -0.05) is 17.3 Å². The van der Waals surface area contributed by atoms with Crippen LogP contribution < -0.4 is 10.0 Å². The standard InChI is InChI=1S/C21H31N3O8S/c1-15-4-5-18(20-16(2)24-32-17(20)3)14-19(15)33(27,28)23-7-9-30-11-13-31-12-10-29-8-6-22-21(25)26/h4-5,14,22-23H,6-13H2,1-3H3,(H,25,26). The Morgan fingerprint density at radius 3 is 2.18 bits per heavy atom. The van der Waals surface area contributed by atoms with E-state index < -0.39 is 16.1 Å². The Morgan fingerprint density at radius 1 is 1.00 bits per heavy atom. The maximum Gasteiger partial charge on any atom is 0.404 e. The molecule has 0 unspecified atom stereocenters. The average Bonchev–Trinajstić information content (AvgIpc) is 3.09. The van der Waals surface area contributed by atoms with Crippen molar-refractivity contribution in [1.29, 1.82) is 0 Å². The van der Waals surface area contributed by atoms with E-state index in [1.807, 2.05) is 13.0 Å². The molecule has 11 nitrogen and oxygen atoms in total. The molecule has 1 aromatic heterocycles. The van der Waals surface area contributed by atoms with Crippen LogP contribution in [-0.2, 0) is 24.2 Å². The van der Waals surface area contributed by atoms with Crippen molar-refractivity contribution in [2.24, 2.45) is 0 Å². The number of sulfonamides is 1. The lowest BCUT2D eigenvalue weighted by Gasteiger charge is -2.12. The van der Waals surface area contributed by atoms with Crippen molar-refractivity contribution in [3.8, 4) is 11.1 Å². The number of hydrogen-bond acceptors (Lipinski definition) is 8. The molecule has 0 aliphatic heterocycles. The van der Waals surface area contributed by atoms with Crippen LogP contribution in [0, 0.1) is 20.8 Å². The molecule has 12 heteroatoms. The molecule has 2 rings (SSSR count). The average molecular weight is 486 g/mol. The molecule has 0 saturated heterocycles. The summed E-state index contributed by atoms with van der Waals surface area (Å²) in [5, 5.41) is 14.5. The fraction of sp³-hybridized carbons (Fsp3) is 0.524. The fourth-order valence-electron chi connectivity index (χ4n) is 3.04. The summed E-state index contributed by atoms with van der Waals surface area (Å²) >= 11 is 0. The highest BCUT2D eigenvalue weighted by atomic mass is 32.2. The quantitative estimate of drug-likeness (QED) is 0.321. The highest BCUT2D eigenvalue weighted by molar-refractivity contribution is 7.89. The SMILES string of the molecule is Cc1ccc(-c2c(C)noc2C)cc1S(=O)(=O)NCCOCCOCCOCCNC(=O)O. The second-order valence-corrected chi connectivity index (χ2v) is 8.88. The summed E-state index contributed by atoms with van der Waals surface area (Å²) in [6.07, 6.45) is -1.09. The van der Waals surface area contributed by atoms with Crippen LogP contribution in [0.2, 0.25) is 0 Å². The van der Waals surface area contributed by atoms with Gasteiger partial charge in [0.1, 0.15) is 5.76 Å². The minimum absolute atomic E-state index is 0.122. The Labute approximate surface area is 193 Å². The van der Waals surface area contributed by atoms with E-state index in [9.17, 15) is 13.2 Å². The predicted octanol–water partition coefficient (Wildman–Crippen LogP) is 1.86. The molecular weight excluding hydrogens is 454 g/mol. The van der Waals surface area contributed by atoms with Gasteiger partial charge in [0, 0.05) is 18.7 Å². The summed E-state index contributed by atoms with van der Waals surface area (Å²) in [6, 6.07) is 5.23. The molecule has 0 aliphatic rings. The molecule has 1 aromatic carbocycles. The number of nitrogens with one attached hydrogen (secondary N) is 2. The number of rotatable bonds is 15.